The number of aliphatic hydroxyl groups is 1. The second-order valence-corrected chi connectivity index (χ2v) is 5.86. The van der Waals surface area contributed by atoms with E-state index in [2.05, 4.69) is 0 Å². The first-order valence-corrected chi connectivity index (χ1v) is 7.21. The molecule has 1 saturated carbocycles. The Bertz CT molecular complexity index is 278. The summed E-state index contributed by atoms with van der Waals surface area (Å²) in [7, 11) is 0. The SMILES string of the molecule is OC(CSC1CCCCC1)Cc1ccco1. The van der Waals surface area contributed by atoms with Gasteiger partial charge in [0.05, 0.1) is 12.4 Å². The fraction of sp³-hybridized carbons (Fsp3) is 0.692. The van der Waals surface area contributed by atoms with Crippen LogP contribution in [0, 0.1) is 0 Å². The Kier molecular flexibility index (Phi) is 4.79. The van der Waals surface area contributed by atoms with Crippen LogP contribution in [0.3, 0.4) is 0 Å². The maximum atomic E-state index is 9.87. The second kappa shape index (κ2) is 6.36. The molecule has 0 spiro atoms. The van der Waals surface area contributed by atoms with Crippen molar-refractivity contribution >= 4 is 11.8 Å². The zero-order valence-electron chi connectivity index (χ0n) is 9.60. The van der Waals surface area contributed by atoms with E-state index in [-0.39, 0.29) is 6.10 Å². The Hall–Kier alpha value is -0.410. The van der Waals surface area contributed by atoms with Crippen molar-refractivity contribution in [2.45, 2.75) is 49.9 Å². The minimum absolute atomic E-state index is 0.266. The van der Waals surface area contributed by atoms with Gasteiger partial charge in [-0.05, 0) is 25.0 Å². The van der Waals surface area contributed by atoms with Crippen LogP contribution >= 0.6 is 11.8 Å². The maximum absolute atomic E-state index is 9.87. The molecule has 1 aliphatic carbocycles. The average Bonchev–Trinajstić information content (AvgIpc) is 2.81. The van der Waals surface area contributed by atoms with Crippen LogP contribution in [-0.2, 0) is 6.42 Å². The molecule has 90 valence electrons. The Balaban J connectivity index is 1.65. The molecule has 1 aromatic rings. The van der Waals surface area contributed by atoms with Gasteiger partial charge in [-0.1, -0.05) is 19.3 Å². The highest BCUT2D eigenvalue weighted by atomic mass is 32.2. The molecule has 16 heavy (non-hydrogen) atoms. The molecule has 1 atom stereocenters. The lowest BCUT2D eigenvalue weighted by Crippen LogP contribution is -2.17. The van der Waals surface area contributed by atoms with E-state index in [0.717, 1.165) is 16.8 Å². The van der Waals surface area contributed by atoms with Gasteiger partial charge in [-0.15, -0.1) is 0 Å². The minimum Gasteiger partial charge on any atom is -0.469 e. The molecule has 0 saturated heterocycles. The Morgan fingerprint density at radius 3 is 2.88 bits per heavy atom. The van der Waals surface area contributed by atoms with E-state index in [1.54, 1.807) is 6.26 Å². The first kappa shape index (κ1) is 12.1. The summed E-state index contributed by atoms with van der Waals surface area (Å²) in [4.78, 5) is 0. The summed E-state index contributed by atoms with van der Waals surface area (Å²) in [5.74, 6) is 1.72. The molecule has 0 radical (unpaired) electrons. The van der Waals surface area contributed by atoms with Crippen molar-refractivity contribution in [3.05, 3.63) is 24.2 Å². The summed E-state index contributed by atoms with van der Waals surface area (Å²) < 4.78 is 5.23. The molecule has 0 bridgehead atoms. The third-order valence-electron chi connectivity index (χ3n) is 3.09. The van der Waals surface area contributed by atoms with Crippen LogP contribution in [0.4, 0.5) is 0 Å². The maximum Gasteiger partial charge on any atom is 0.106 e. The quantitative estimate of drug-likeness (QED) is 0.857. The summed E-state index contributed by atoms with van der Waals surface area (Å²) in [6, 6.07) is 3.80. The van der Waals surface area contributed by atoms with E-state index >= 15 is 0 Å². The van der Waals surface area contributed by atoms with E-state index in [9.17, 15) is 5.11 Å². The molecule has 1 fully saturated rings. The Morgan fingerprint density at radius 2 is 2.19 bits per heavy atom. The molecular formula is C13H20O2S. The van der Waals surface area contributed by atoms with Gasteiger partial charge in [-0.25, -0.2) is 0 Å². The highest BCUT2D eigenvalue weighted by molar-refractivity contribution is 7.99. The highest BCUT2D eigenvalue weighted by Gasteiger charge is 2.16. The van der Waals surface area contributed by atoms with Crippen molar-refractivity contribution in [1.82, 2.24) is 0 Å². The smallest absolute Gasteiger partial charge is 0.106 e. The van der Waals surface area contributed by atoms with Crippen molar-refractivity contribution in [2.24, 2.45) is 0 Å². The van der Waals surface area contributed by atoms with Gasteiger partial charge >= 0.3 is 0 Å². The first-order chi connectivity index (χ1) is 7.84. The fourth-order valence-corrected chi connectivity index (χ4v) is 3.48. The van der Waals surface area contributed by atoms with Crippen molar-refractivity contribution in [3.8, 4) is 0 Å². The molecular weight excluding hydrogens is 220 g/mol. The van der Waals surface area contributed by atoms with Gasteiger partial charge in [0.15, 0.2) is 0 Å². The molecule has 1 aromatic heterocycles. The lowest BCUT2D eigenvalue weighted by molar-refractivity contribution is 0.191. The van der Waals surface area contributed by atoms with E-state index < -0.39 is 0 Å². The Morgan fingerprint density at radius 1 is 1.38 bits per heavy atom. The van der Waals surface area contributed by atoms with Crippen molar-refractivity contribution < 1.29 is 9.52 Å². The van der Waals surface area contributed by atoms with Gasteiger partial charge in [0, 0.05) is 17.4 Å². The standard InChI is InChI=1S/C13H20O2S/c14-11(9-12-5-4-8-15-12)10-16-13-6-2-1-3-7-13/h4-5,8,11,13-14H,1-3,6-7,9-10H2. The van der Waals surface area contributed by atoms with Gasteiger partial charge in [0.1, 0.15) is 5.76 Å². The topological polar surface area (TPSA) is 33.4 Å². The summed E-state index contributed by atoms with van der Waals surface area (Å²) >= 11 is 1.94. The minimum atomic E-state index is -0.266. The third kappa shape index (κ3) is 3.87. The van der Waals surface area contributed by atoms with E-state index in [1.165, 1.54) is 32.1 Å². The number of hydrogen-bond donors (Lipinski definition) is 1. The largest absolute Gasteiger partial charge is 0.469 e. The normalized spacial score (nSPS) is 19.8. The molecule has 1 N–H and O–H groups in total. The van der Waals surface area contributed by atoms with Crippen LogP contribution in [-0.4, -0.2) is 22.2 Å². The van der Waals surface area contributed by atoms with Crippen LogP contribution in [0.25, 0.3) is 0 Å². The summed E-state index contributed by atoms with van der Waals surface area (Å²) in [5.41, 5.74) is 0. The molecule has 1 unspecified atom stereocenters. The molecule has 1 aliphatic rings. The second-order valence-electron chi connectivity index (χ2n) is 4.53. The molecule has 3 heteroatoms. The number of hydrogen-bond acceptors (Lipinski definition) is 3. The molecule has 0 aromatic carbocycles. The van der Waals surface area contributed by atoms with E-state index in [4.69, 9.17) is 4.42 Å². The van der Waals surface area contributed by atoms with Gasteiger partial charge in [0.2, 0.25) is 0 Å². The number of rotatable bonds is 5. The van der Waals surface area contributed by atoms with Gasteiger partial charge in [0.25, 0.3) is 0 Å². The molecule has 2 nitrogen and oxygen atoms in total. The predicted molar refractivity (Wildman–Crippen MR) is 67.7 cm³/mol. The van der Waals surface area contributed by atoms with E-state index in [1.807, 2.05) is 23.9 Å². The van der Waals surface area contributed by atoms with Gasteiger partial charge in [-0.3, -0.25) is 0 Å². The molecule has 1 heterocycles. The van der Waals surface area contributed by atoms with Gasteiger partial charge < -0.3 is 9.52 Å². The van der Waals surface area contributed by atoms with Crippen molar-refractivity contribution in [2.75, 3.05) is 5.75 Å². The number of aliphatic hydroxyl groups excluding tert-OH is 1. The molecule has 2 rings (SSSR count). The zero-order valence-corrected chi connectivity index (χ0v) is 10.4. The summed E-state index contributed by atoms with van der Waals surface area (Å²) in [5, 5.41) is 10.6. The summed E-state index contributed by atoms with van der Waals surface area (Å²) in [6.45, 7) is 0. The highest BCUT2D eigenvalue weighted by Crippen LogP contribution is 2.28. The van der Waals surface area contributed by atoms with Crippen LogP contribution in [0.15, 0.2) is 22.8 Å². The zero-order chi connectivity index (χ0) is 11.2. The lowest BCUT2D eigenvalue weighted by Gasteiger charge is -2.22. The summed E-state index contributed by atoms with van der Waals surface area (Å²) in [6.07, 6.45) is 8.83. The molecule has 0 amide bonds. The number of furan rings is 1. The molecule has 0 aliphatic heterocycles. The Labute approximate surface area is 101 Å². The van der Waals surface area contributed by atoms with Gasteiger partial charge in [-0.2, -0.15) is 11.8 Å². The van der Waals surface area contributed by atoms with Crippen molar-refractivity contribution in [3.63, 3.8) is 0 Å². The lowest BCUT2D eigenvalue weighted by atomic mass is 10.0. The monoisotopic (exact) mass is 240 g/mol. The van der Waals surface area contributed by atoms with E-state index in [0.29, 0.717) is 6.42 Å². The van der Waals surface area contributed by atoms with Crippen LogP contribution in [0.5, 0.6) is 0 Å². The average molecular weight is 240 g/mol. The van der Waals surface area contributed by atoms with Crippen LogP contribution in [0.2, 0.25) is 0 Å². The fourth-order valence-electron chi connectivity index (χ4n) is 2.20. The number of thioether (sulfide) groups is 1. The van der Waals surface area contributed by atoms with Crippen molar-refractivity contribution in [1.29, 1.82) is 0 Å². The predicted octanol–water partition coefficient (Wildman–Crippen LogP) is 3.25. The third-order valence-corrected chi connectivity index (χ3v) is 4.61. The van der Waals surface area contributed by atoms with Crippen LogP contribution < -0.4 is 0 Å². The van der Waals surface area contributed by atoms with Crippen LogP contribution in [0.1, 0.15) is 37.9 Å². The first-order valence-electron chi connectivity index (χ1n) is 6.16.